The van der Waals surface area contributed by atoms with Gasteiger partial charge >= 0.3 is 0 Å². The van der Waals surface area contributed by atoms with Crippen LogP contribution in [0.25, 0.3) is 0 Å². The fourth-order valence-corrected chi connectivity index (χ4v) is 0.699. The Balaban J connectivity index is 3.42. The Hall–Kier alpha value is 0.290. The summed E-state index contributed by atoms with van der Waals surface area (Å²) in [7, 11) is 6.71. The molecule has 60 valence electrons. The molecule has 10 heavy (non-hydrogen) atoms. The number of carbonyl (C=O) groups is 1. The van der Waals surface area contributed by atoms with Crippen molar-refractivity contribution in [1.29, 1.82) is 0 Å². The normalized spacial score (nSPS) is 12.7. The minimum atomic E-state index is -0.170. The number of likely N-dealkylation sites (N-methyl/N-ethyl adjacent to an activating group) is 1. The Morgan fingerprint density at radius 3 is 2.70 bits per heavy atom. The van der Waals surface area contributed by atoms with Crippen LogP contribution in [0.2, 0.25) is 0 Å². The molecule has 0 bridgehead atoms. The van der Waals surface area contributed by atoms with Crippen LogP contribution in [0.5, 0.6) is 0 Å². The van der Waals surface area contributed by atoms with Crippen molar-refractivity contribution >= 4 is 24.4 Å². The predicted octanol–water partition coefficient (Wildman–Crippen LogP) is -0.602. The maximum atomic E-state index is 10.9. The molecular weight excluding hydrogens is 166 g/mol. The number of amides is 1. The second kappa shape index (κ2) is 6.03. The standard InChI is InChI=1S/C5H14N2OP2/c1-6-5(10)4(8)7-2-3-9/h5-6H,2-3,9-10H2,1H3,(H,7,8). The summed E-state index contributed by atoms with van der Waals surface area (Å²) in [6.45, 7) is 0.718. The highest BCUT2D eigenvalue weighted by atomic mass is 31.0. The fourth-order valence-electron chi connectivity index (χ4n) is 0.436. The Bertz CT molecular complexity index is 110. The van der Waals surface area contributed by atoms with Crippen molar-refractivity contribution in [2.24, 2.45) is 0 Å². The summed E-state index contributed by atoms with van der Waals surface area (Å²) in [5.41, 5.74) is 0. The highest BCUT2D eigenvalue weighted by Crippen LogP contribution is 1.92. The van der Waals surface area contributed by atoms with E-state index in [1.54, 1.807) is 7.05 Å². The van der Waals surface area contributed by atoms with E-state index in [4.69, 9.17) is 0 Å². The van der Waals surface area contributed by atoms with Crippen LogP contribution >= 0.6 is 18.5 Å². The summed E-state index contributed by atoms with van der Waals surface area (Å²) < 4.78 is 0. The van der Waals surface area contributed by atoms with Crippen molar-refractivity contribution in [2.45, 2.75) is 5.78 Å². The van der Waals surface area contributed by atoms with Crippen LogP contribution in [0.15, 0.2) is 0 Å². The van der Waals surface area contributed by atoms with Gasteiger partial charge in [0.05, 0.1) is 0 Å². The summed E-state index contributed by atoms with van der Waals surface area (Å²) in [4.78, 5) is 10.9. The Morgan fingerprint density at radius 1 is 1.70 bits per heavy atom. The molecule has 0 spiro atoms. The predicted molar refractivity (Wildman–Crippen MR) is 50.1 cm³/mol. The molecule has 0 rings (SSSR count). The van der Waals surface area contributed by atoms with Gasteiger partial charge in [0.1, 0.15) is 5.78 Å². The van der Waals surface area contributed by atoms with Crippen molar-refractivity contribution in [3.63, 3.8) is 0 Å². The molecule has 3 atom stereocenters. The van der Waals surface area contributed by atoms with Crippen LogP contribution in [0.3, 0.4) is 0 Å². The van der Waals surface area contributed by atoms with E-state index in [9.17, 15) is 4.79 Å². The first kappa shape index (κ1) is 10.3. The second-order valence-electron chi connectivity index (χ2n) is 1.85. The van der Waals surface area contributed by atoms with Gasteiger partial charge in [0, 0.05) is 6.54 Å². The molecule has 3 nitrogen and oxygen atoms in total. The van der Waals surface area contributed by atoms with E-state index < -0.39 is 0 Å². The molecule has 1 amide bonds. The molecule has 3 unspecified atom stereocenters. The molecule has 0 aromatic rings. The number of hydrogen-bond acceptors (Lipinski definition) is 2. The van der Waals surface area contributed by atoms with Crippen LogP contribution < -0.4 is 10.6 Å². The van der Waals surface area contributed by atoms with Crippen molar-refractivity contribution < 1.29 is 4.79 Å². The van der Waals surface area contributed by atoms with Gasteiger partial charge in [-0.15, -0.1) is 18.5 Å². The number of rotatable bonds is 4. The Labute approximate surface area is 66.1 Å². The summed E-state index contributed by atoms with van der Waals surface area (Å²) in [5.74, 6) is -0.147. The number of nitrogens with one attached hydrogen (secondary N) is 2. The molecule has 0 fully saturated rings. The molecule has 0 aliphatic heterocycles. The Kier molecular flexibility index (Phi) is 6.20. The number of hydrogen-bond donors (Lipinski definition) is 2. The van der Waals surface area contributed by atoms with Crippen LogP contribution in [0.1, 0.15) is 0 Å². The van der Waals surface area contributed by atoms with E-state index in [1.165, 1.54) is 0 Å². The zero-order chi connectivity index (χ0) is 7.98. The first-order valence-corrected chi connectivity index (χ1v) is 4.61. The molecule has 0 aliphatic rings. The lowest BCUT2D eigenvalue weighted by Crippen LogP contribution is -2.39. The second-order valence-corrected chi connectivity index (χ2v) is 3.09. The molecule has 0 aromatic carbocycles. The number of carbonyl (C=O) groups excluding carboxylic acids is 1. The van der Waals surface area contributed by atoms with Gasteiger partial charge < -0.3 is 10.6 Å². The summed E-state index contributed by atoms with van der Waals surface area (Å²) in [5, 5.41) is 5.56. The van der Waals surface area contributed by atoms with Gasteiger partial charge in [0.25, 0.3) is 0 Å². The molecule has 2 N–H and O–H groups in total. The van der Waals surface area contributed by atoms with Crippen molar-refractivity contribution in [3.05, 3.63) is 0 Å². The smallest absolute Gasteiger partial charge is 0.240 e. The maximum Gasteiger partial charge on any atom is 0.240 e. The van der Waals surface area contributed by atoms with E-state index in [0.717, 1.165) is 12.7 Å². The van der Waals surface area contributed by atoms with Crippen LogP contribution in [-0.4, -0.2) is 31.4 Å². The van der Waals surface area contributed by atoms with Crippen molar-refractivity contribution in [3.8, 4) is 0 Å². The minimum absolute atomic E-state index is 0.0231. The lowest BCUT2D eigenvalue weighted by atomic mass is 10.5. The molecule has 0 radical (unpaired) electrons. The third-order valence-electron chi connectivity index (χ3n) is 1.04. The van der Waals surface area contributed by atoms with Crippen molar-refractivity contribution in [1.82, 2.24) is 10.6 Å². The average Bonchev–Trinajstić information content (AvgIpc) is 1.98. The zero-order valence-electron chi connectivity index (χ0n) is 6.05. The molecule has 0 saturated carbocycles. The maximum absolute atomic E-state index is 10.9. The van der Waals surface area contributed by atoms with Crippen LogP contribution in [-0.2, 0) is 4.79 Å². The van der Waals surface area contributed by atoms with E-state index in [-0.39, 0.29) is 11.7 Å². The molecule has 0 aromatic heterocycles. The first-order chi connectivity index (χ1) is 4.72. The van der Waals surface area contributed by atoms with Gasteiger partial charge in [-0.3, -0.25) is 4.79 Å². The zero-order valence-corrected chi connectivity index (χ0v) is 8.36. The summed E-state index contributed by atoms with van der Waals surface area (Å²) in [6.07, 6.45) is 0.896. The largest absolute Gasteiger partial charge is 0.354 e. The molecule has 0 aliphatic carbocycles. The lowest BCUT2D eigenvalue weighted by molar-refractivity contribution is -0.120. The average molecular weight is 180 g/mol. The van der Waals surface area contributed by atoms with Gasteiger partial charge in [0.15, 0.2) is 0 Å². The molecule has 0 saturated heterocycles. The van der Waals surface area contributed by atoms with Gasteiger partial charge in [-0.1, -0.05) is 0 Å². The molecule has 0 heterocycles. The van der Waals surface area contributed by atoms with Gasteiger partial charge in [-0.25, -0.2) is 0 Å². The van der Waals surface area contributed by atoms with Crippen LogP contribution in [0.4, 0.5) is 0 Å². The third kappa shape index (κ3) is 4.16. The van der Waals surface area contributed by atoms with Crippen LogP contribution in [0, 0.1) is 0 Å². The van der Waals surface area contributed by atoms with E-state index in [0.29, 0.717) is 0 Å². The lowest BCUT2D eigenvalue weighted by Gasteiger charge is -2.09. The highest BCUT2D eigenvalue weighted by molar-refractivity contribution is 7.19. The SMILES string of the molecule is CNC(P)C(=O)NCCP. The topological polar surface area (TPSA) is 41.1 Å². The highest BCUT2D eigenvalue weighted by Gasteiger charge is 2.07. The quantitative estimate of drug-likeness (QED) is 0.567. The van der Waals surface area contributed by atoms with Gasteiger partial charge in [-0.2, -0.15) is 0 Å². The van der Waals surface area contributed by atoms with Gasteiger partial charge in [-0.05, 0) is 13.2 Å². The molecule has 5 heteroatoms. The fraction of sp³-hybridized carbons (Fsp3) is 0.800. The monoisotopic (exact) mass is 180 g/mol. The summed E-state index contributed by atoms with van der Waals surface area (Å²) in [6, 6.07) is 0. The third-order valence-corrected chi connectivity index (χ3v) is 1.96. The van der Waals surface area contributed by atoms with E-state index >= 15 is 0 Å². The molecular formula is C5H14N2OP2. The minimum Gasteiger partial charge on any atom is -0.354 e. The summed E-state index contributed by atoms with van der Waals surface area (Å²) >= 11 is 0. The van der Waals surface area contributed by atoms with Crippen molar-refractivity contribution in [2.75, 3.05) is 19.8 Å². The van der Waals surface area contributed by atoms with E-state index in [1.807, 2.05) is 0 Å². The van der Waals surface area contributed by atoms with E-state index in [2.05, 4.69) is 29.1 Å². The Morgan fingerprint density at radius 2 is 2.30 bits per heavy atom. The van der Waals surface area contributed by atoms with Gasteiger partial charge in [0.2, 0.25) is 5.91 Å². The first-order valence-electron chi connectivity index (χ1n) is 3.13.